The zero-order valence-electron chi connectivity index (χ0n) is 10.8. The molecule has 0 fully saturated rings. The van der Waals surface area contributed by atoms with E-state index in [-0.39, 0.29) is 12.3 Å². The molecule has 0 radical (unpaired) electrons. The Morgan fingerprint density at radius 2 is 2.16 bits per heavy atom. The number of hydrogen-bond acceptors (Lipinski definition) is 5. The van der Waals surface area contributed by atoms with E-state index in [0.29, 0.717) is 10.9 Å². The third-order valence-corrected chi connectivity index (χ3v) is 3.54. The second kappa shape index (κ2) is 6.29. The first-order valence-electron chi connectivity index (χ1n) is 5.97. The fourth-order valence-corrected chi connectivity index (χ4v) is 2.33. The first-order valence-corrected chi connectivity index (χ1v) is 6.78. The lowest BCUT2D eigenvalue weighted by molar-refractivity contribution is -0.115. The van der Waals surface area contributed by atoms with Crippen molar-refractivity contribution in [2.24, 2.45) is 0 Å². The summed E-state index contributed by atoms with van der Waals surface area (Å²) in [6, 6.07) is 7.46. The summed E-state index contributed by atoms with van der Waals surface area (Å²) < 4.78 is 5.21. The fraction of sp³-hybridized carbons (Fsp3) is 0.308. The Balaban J connectivity index is 2.01. The lowest BCUT2D eigenvalue weighted by Crippen LogP contribution is -2.14. The van der Waals surface area contributed by atoms with Crippen molar-refractivity contribution in [2.45, 2.75) is 19.8 Å². The highest BCUT2D eigenvalue weighted by Gasteiger charge is 2.10. The molecule has 0 atom stereocenters. The summed E-state index contributed by atoms with van der Waals surface area (Å²) in [4.78, 5) is 11.9. The number of para-hydroxylation sites is 1. The van der Waals surface area contributed by atoms with Gasteiger partial charge in [-0.25, -0.2) is 0 Å². The lowest BCUT2D eigenvalue weighted by atomic mass is 10.1. The van der Waals surface area contributed by atoms with E-state index in [4.69, 9.17) is 4.74 Å². The number of carbonyl (C=O) groups is 1. The Bertz CT molecular complexity index is 569. The van der Waals surface area contributed by atoms with E-state index in [1.165, 1.54) is 11.3 Å². The van der Waals surface area contributed by atoms with Gasteiger partial charge >= 0.3 is 0 Å². The van der Waals surface area contributed by atoms with Crippen LogP contribution in [0.1, 0.15) is 17.5 Å². The lowest BCUT2D eigenvalue weighted by Gasteiger charge is -2.07. The van der Waals surface area contributed by atoms with E-state index in [1.807, 2.05) is 31.2 Å². The van der Waals surface area contributed by atoms with Crippen LogP contribution >= 0.6 is 11.3 Å². The van der Waals surface area contributed by atoms with Gasteiger partial charge < -0.3 is 10.1 Å². The van der Waals surface area contributed by atoms with E-state index in [2.05, 4.69) is 15.5 Å². The largest absolute Gasteiger partial charge is 0.496 e. The fourth-order valence-electron chi connectivity index (χ4n) is 1.63. The third-order valence-electron chi connectivity index (χ3n) is 2.56. The molecule has 0 saturated carbocycles. The van der Waals surface area contributed by atoms with Crippen LogP contribution in [0.2, 0.25) is 0 Å². The molecule has 1 amide bonds. The Morgan fingerprint density at radius 3 is 2.84 bits per heavy atom. The number of benzene rings is 1. The number of aromatic nitrogens is 2. The topological polar surface area (TPSA) is 64.1 Å². The number of methoxy groups -OCH3 is 1. The molecule has 1 N–H and O–H groups in total. The molecule has 0 bridgehead atoms. The minimum absolute atomic E-state index is 0.122. The summed E-state index contributed by atoms with van der Waals surface area (Å²) in [6.07, 6.45) is 1.07. The SMILES string of the molecule is CCc1nnc(NC(=O)Cc2ccccc2OC)s1. The Labute approximate surface area is 115 Å². The average molecular weight is 277 g/mol. The number of ether oxygens (including phenoxy) is 1. The van der Waals surface area contributed by atoms with Crippen LogP contribution in [0.15, 0.2) is 24.3 Å². The number of nitrogens with one attached hydrogen (secondary N) is 1. The average Bonchev–Trinajstić information content (AvgIpc) is 2.87. The number of nitrogens with zero attached hydrogens (tertiary/aromatic N) is 2. The Kier molecular flexibility index (Phi) is 4.46. The Hall–Kier alpha value is -1.95. The molecule has 1 aromatic carbocycles. The third kappa shape index (κ3) is 3.51. The van der Waals surface area contributed by atoms with Gasteiger partial charge in [-0.3, -0.25) is 4.79 Å². The van der Waals surface area contributed by atoms with Gasteiger partial charge in [0.15, 0.2) is 0 Å². The van der Waals surface area contributed by atoms with Crippen LogP contribution in [-0.4, -0.2) is 23.2 Å². The molecule has 1 heterocycles. The molecule has 0 aliphatic heterocycles. The molecule has 2 rings (SSSR count). The van der Waals surface area contributed by atoms with Crippen LogP contribution in [0.4, 0.5) is 5.13 Å². The second-order valence-electron chi connectivity index (χ2n) is 3.89. The molecule has 100 valence electrons. The maximum absolute atomic E-state index is 11.9. The predicted octanol–water partition coefficient (Wildman–Crippen LogP) is 2.29. The summed E-state index contributed by atoms with van der Waals surface area (Å²) in [5.41, 5.74) is 0.850. The number of aryl methyl sites for hydroxylation is 1. The molecule has 19 heavy (non-hydrogen) atoms. The zero-order chi connectivity index (χ0) is 13.7. The molecule has 0 aliphatic rings. The first-order chi connectivity index (χ1) is 9.22. The summed E-state index contributed by atoms with van der Waals surface area (Å²) in [7, 11) is 1.59. The maximum atomic E-state index is 11.9. The standard InChI is InChI=1S/C13H15N3O2S/c1-3-12-15-16-13(19-12)14-11(17)8-9-6-4-5-7-10(9)18-2/h4-7H,3,8H2,1-2H3,(H,14,16,17). The quantitative estimate of drug-likeness (QED) is 0.910. The molecular formula is C13H15N3O2S. The van der Waals surface area contributed by atoms with E-state index < -0.39 is 0 Å². The van der Waals surface area contributed by atoms with Gasteiger partial charge in [0.05, 0.1) is 13.5 Å². The predicted molar refractivity (Wildman–Crippen MR) is 74.6 cm³/mol. The number of amides is 1. The number of anilines is 1. The van der Waals surface area contributed by atoms with E-state index in [1.54, 1.807) is 7.11 Å². The molecule has 0 spiro atoms. The van der Waals surface area contributed by atoms with Crippen molar-refractivity contribution < 1.29 is 9.53 Å². The maximum Gasteiger partial charge on any atom is 0.230 e. The first kappa shape index (κ1) is 13.5. The van der Waals surface area contributed by atoms with Crippen molar-refractivity contribution in [1.29, 1.82) is 0 Å². The number of hydrogen-bond donors (Lipinski definition) is 1. The summed E-state index contributed by atoms with van der Waals surface area (Å²) in [5.74, 6) is 0.590. The zero-order valence-corrected chi connectivity index (χ0v) is 11.7. The molecule has 0 unspecified atom stereocenters. The van der Waals surface area contributed by atoms with Crippen molar-refractivity contribution in [3.05, 3.63) is 34.8 Å². The normalized spacial score (nSPS) is 10.2. The highest BCUT2D eigenvalue weighted by molar-refractivity contribution is 7.15. The van der Waals surface area contributed by atoms with Crippen LogP contribution in [0, 0.1) is 0 Å². The van der Waals surface area contributed by atoms with Gasteiger partial charge in [0.25, 0.3) is 0 Å². The highest BCUT2D eigenvalue weighted by atomic mass is 32.1. The van der Waals surface area contributed by atoms with Crippen LogP contribution in [0.3, 0.4) is 0 Å². The monoisotopic (exact) mass is 277 g/mol. The summed E-state index contributed by atoms with van der Waals surface area (Å²) >= 11 is 1.40. The van der Waals surface area contributed by atoms with Crippen LogP contribution < -0.4 is 10.1 Å². The van der Waals surface area contributed by atoms with Gasteiger partial charge in [-0.15, -0.1) is 10.2 Å². The van der Waals surface area contributed by atoms with E-state index in [9.17, 15) is 4.79 Å². The van der Waals surface area contributed by atoms with Crippen molar-refractivity contribution in [3.8, 4) is 5.75 Å². The summed E-state index contributed by atoms with van der Waals surface area (Å²) in [6.45, 7) is 2.00. The molecule has 5 nitrogen and oxygen atoms in total. The molecule has 1 aromatic heterocycles. The van der Waals surface area contributed by atoms with Crippen LogP contribution in [0.25, 0.3) is 0 Å². The van der Waals surface area contributed by atoms with Crippen molar-refractivity contribution >= 4 is 22.4 Å². The molecule has 0 saturated heterocycles. The van der Waals surface area contributed by atoms with Gasteiger partial charge in [0, 0.05) is 5.56 Å². The highest BCUT2D eigenvalue weighted by Crippen LogP contribution is 2.19. The molecule has 2 aromatic rings. The van der Waals surface area contributed by atoms with Gasteiger partial charge in [-0.05, 0) is 12.5 Å². The van der Waals surface area contributed by atoms with Crippen LogP contribution in [-0.2, 0) is 17.6 Å². The molecule has 6 heteroatoms. The molecule has 0 aliphatic carbocycles. The minimum atomic E-state index is -0.122. The van der Waals surface area contributed by atoms with Crippen molar-refractivity contribution in [2.75, 3.05) is 12.4 Å². The van der Waals surface area contributed by atoms with E-state index >= 15 is 0 Å². The smallest absolute Gasteiger partial charge is 0.230 e. The van der Waals surface area contributed by atoms with Gasteiger partial charge in [0.2, 0.25) is 11.0 Å². The van der Waals surface area contributed by atoms with Gasteiger partial charge in [-0.2, -0.15) is 0 Å². The van der Waals surface area contributed by atoms with Gasteiger partial charge in [0.1, 0.15) is 10.8 Å². The number of carbonyl (C=O) groups excluding carboxylic acids is 1. The van der Waals surface area contributed by atoms with Crippen LogP contribution in [0.5, 0.6) is 5.75 Å². The van der Waals surface area contributed by atoms with Crippen molar-refractivity contribution in [3.63, 3.8) is 0 Å². The second-order valence-corrected chi connectivity index (χ2v) is 4.95. The summed E-state index contributed by atoms with van der Waals surface area (Å²) in [5, 5.41) is 12.1. The van der Waals surface area contributed by atoms with E-state index in [0.717, 1.165) is 17.0 Å². The van der Waals surface area contributed by atoms with Gasteiger partial charge in [-0.1, -0.05) is 36.5 Å². The minimum Gasteiger partial charge on any atom is -0.496 e. The Morgan fingerprint density at radius 1 is 1.37 bits per heavy atom. The van der Waals surface area contributed by atoms with Crippen molar-refractivity contribution in [1.82, 2.24) is 10.2 Å². The number of rotatable bonds is 5. The molecular weight excluding hydrogens is 262 g/mol.